The summed E-state index contributed by atoms with van der Waals surface area (Å²) in [7, 11) is 0. The van der Waals surface area contributed by atoms with Crippen LogP contribution in [-0.2, 0) is 9.47 Å². The second kappa shape index (κ2) is 8.44. The Morgan fingerprint density at radius 2 is 1.93 bits per heavy atom. The number of nitrogens with zero attached hydrogens (tertiary/aromatic N) is 6. The molecule has 4 rings (SSSR count). The highest BCUT2D eigenvalue weighted by atomic mass is 19.3. The predicted octanol–water partition coefficient (Wildman–Crippen LogP) is 2.03. The number of nitrogens with two attached hydrogens (primary N) is 1. The van der Waals surface area contributed by atoms with Gasteiger partial charge in [-0.2, -0.15) is 15.0 Å². The zero-order chi connectivity index (χ0) is 21.3. The van der Waals surface area contributed by atoms with Crippen molar-refractivity contribution in [3.63, 3.8) is 0 Å². The van der Waals surface area contributed by atoms with Crippen LogP contribution in [0.2, 0.25) is 0 Å². The minimum atomic E-state index is -2.75. The molecular weight excluding hydrogens is 396 g/mol. The zero-order valence-corrected chi connectivity index (χ0v) is 16.6. The molecule has 1 atom stereocenters. The largest absolute Gasteiger partial charge is 0.384 e. The van der Waals surface area contributed by atoms with Crippen molar-refractivity contribution in [2.45, 2.75) is 19.4 Å². The Morgan fingerprint density at radius 3 is 2.67 bits per heavy atom. The summed E-state index contributed by atoms with van der Waals surface area (Å²) in [4.78, 5) is 21.4. The quantitative estimate of drug-likeness (QED) is 0.797. The second-order valence-electron chi connectivity index (χ2n) is 7.14. The van der Waals surface area contributed by atoms with E-state index in [1.165, 1.54) is 6.20 Å². The summed E-state index contributed by atoms with van der Waals surface area (Å²) in [5.74, 6) is 0.837. The standard InChI is InChI=1S/C19H23F2N7O2/c1-11-9-29-5-3-27(11)18-24-17(14-8-23-15(22)7-13(14)16(20)21)25-19(26-18)28-4-6-30-10-12(28)2/h7-8,12,16H,1,3-6,9-10H2,2H3,(H2,22,23)/t12-/m0/s1. The van der Waals surface area contributed by atoms with E-state index >= 15 is 0 Å². The van der Waals surface area contributed by atoms with E-state index in [0.717, 1.165) is 6.07 Å². The van der Waals surface area contributed by atoms with E-state index in [1.54, 1.807) is 0 Å². The molecule has 0 saturated carbocycles. The molecule has 0 aliphatic carbocycles. The van der Waals surface area contributed by atoms with Gasteiger partial charge in [0.25, 0.3) is 6.43 Å². The van der Waals surface area contributed by atoms with Crippen molar-refractivity contribution >= 4 is 17.7 Å². The molecule has 2 fully saturated rings. The van der Waals surface area contributed by atoms with Crippen LogP contribution in [0.3, 0.4) is 0 Å². The van der Waals surface area contributed by atoms with Crippen LogP contribution < -0.4 is 15.5 Å². The van der Waals surface area contributed by atoms with Gasteiger partial charge in [-0.05, 0) is 13.0 Å². The van der Waals surface area contributed by atoms with Crippen LogP contribution in [0.5, 0.6) is 0 Å². The summed E-state index contributed by atoms with van der Waals surface area (Å²) in [6.07, 6.45) is -1.48. The van der Waals surface area contributed by atoms with Gasteiger partial charge >= 0.3 is 0 Å². The van der Waals surface area contributed by atoms with E-state index in [-0.39, 0.29) is 28.8 Å². The van der Waals surface area contributed by atoms with Crippen LogP contribution in [0.15, 0.2) is 24.5 Å². The maximum atomic E-state index is 13.7. The molecule has 11 heteroatoms. The number of nitrogen functional groups attached to an aromatic ring is 1. The summed E-state index contributed by atoms with van der Waals surface area (Å²) >= 11 is 0. The van der Waals surface area contributed by atoms with Crippen LogP contribution in [0.4, 0.5) is 26.5 Å². The minimum Gasteiger partial charge on any atom is -0.384 e. The molecular formula is C19H23F2N7O2. The molecule has 2 aromatic rings. The third-order valence-electron chi connectivity index (χ3n) is 5.02. The maximum Gasteiger partial charge on any atom is 0.264 e. The fraction of sp³-hybridized carbons (Fsp3) is 0.474. The Kier molecular flexibility index (Phi) is 5.73. The average Bonchev–Trinajstić information content (AvgIpc) is 2.74. The predicted molar refractivity (Wildman–Crippen MR) is 107 cm³/mol. The number of rotatable bonds is 4. The molecule has 0 amide bonds. The number of aromatic nitrogens is 4. The average molecular weight is 419 g/mol. The van der Waals surface area contributed by atoms with Gasteiger partial charge < -0.3 is 25.0 Å². The van der Waals surface area contributed by atoms with E-state index in [9.17, 15) is 8.78 Å². The van der Waals surface area contributed by atoms with E-state index in [0.29, 0.717) is 57.1 Å². The molecule has 0 bridgehead atoms. The minimum absolute atomic E-state index is 0.00640. The highest BCUT2D eigenvalue weighted by molar-refractivity contribution is 5.64. The second-order valence-corrected chi connectivity index (χ2v) is 7.14. The highest BCUT2D eigenvalue weighted by Crippen LogP contribution is 2.32. The van der Waals surface area contributed by atoms with Gasteiger partial charge in [0.1, 0.15) is 5.82 Å². The van der Waals surface area contributed by atoms with Crippen LogP contribution in [0.1, 0.15) is 18.9 Å². The Hall–Kier alpha value is -2.92. The van der Waals surface area contributed by atoms with Gasteiger partial charge in [-0.3, -0.25) is 0 Å². The topological polar surface area (TPSA) is 103 Å². The van der Waals surface area contributed by atoms with Gasteiger partial charge in [0.15, 0.2) is 5.82 Å². The Bertz CT molecular complexity index is 943. The van der Waals surface area contributed by atoms with Crippen molar-refractivity contribution in [1.82, 2.24) is 19.9 Å². The van der Waals surface area contributed by atoms with Crippen molar-refractivity contribution in [3.05, 3.63) is 30.1 Å². The van der Waals surface area contributed by atoms with Gasteiger partial charge in [0.2, 0.25) is 11.9 Å². The first-order valence-corrected chi connectivity index (χ1v) is 9.61. The molecule has 2 aromatic heterocycles. The highest BCUT2D eigenvalue weighted by Gasteiger charge is 2.27. The van der Waals surface area contributed by atoms with E-state index < -0.39 is 6.43 Å². The lowest BCUT2D eigenvalue weighted by Crippen LogP contribution is -2.45. The van der Waals surface area contributed by atoms with Crippen LogP contribution in [0.25, 0.3) is 11.4 Å². The lowest BCUT2D eigenvalue weighted by atomic mass is 10.1. The van der Waals surface area contributed by atoms with E-state index in [2.05, 4.69) is 26.5 Å². The summed E-state index contributed by atoms with van der Waals surface area (Å²) in [6.45, 7) is 8.95. The molecule has 160 valence electrons. The lowest BCUT2D eigenvalue weighted by molar-refractivity contribution is 0.0980. The van der Waals surface area contributed by atoms with Gasteiger partial charge in [-0.25, -0.2) is 13.8 Å². The maximum absolute atomic E-state index is 13.7. The lowest BCUT2D eigenvalue weighted by Gasteiger charge is -2.34. The number of alkyl halides is 2. The van der Waals surface area contributed by atoms with E-state index in [1.807, 2.05) is 16.7 Å². The normalized spacial score (nSPS) is 20.1. The number of morpholine rings is 2. The molecule has 0 radical (unpaired) electrons. The molecule has 0 unspecified atom stereocenters. The van der Waals surface area contributed by atoms with E-state index in [4.69, 9.17) is 15.2 Å². The monoisotopic (exact) mass is 419 g/mol. The SMILES string of the molecule is C=C1COCCN1c1nc(-c2cnc(N)cc2C(F)F)nc(N2CCOC[C@@H]2C)n1. The van der Waals surface area contributed by atoms with Gasteiger partial charge in [0.05, 0.1) is 32.5 Å². The molecule has 2 saturated heterocycles. The number of hydrogen-bond acceptors (Lipinski definition) is 9. The summed E-state index contributed by atoms with van der Waals surface area (Å²) in [5.41, 5.74) is 6.14. The number of pyridine rings is 1. The molecule has 4 heterocycles. The number of hydrogen-bond donors (Lipinski definition) is 1. The third kappa shape index (κ3) is 4.03. The first-order valence-electron chi connectivity index (χ1n) is 9.61. The molecule has 2 aliphatic heterocycles. The molecule has 2 N–H and O–H groups in total. The summed E-state index contributed by atoms with van der Waals surface area (Å²) in [5, 5.41) is 0. The molecule has 0 aromatic carbocycles. The molecule has 0 spiro atoms. The fourth-order valence-electron chi connectivity index (χ4n) is 3.43. The summed E-state index contributed by atoms with van der Waals surface area (Å²) in [6, 6.07) is 1.17. The molecule has 9 nitrogen and oxygen atoms in total. The van der Waals surface area contributed by atoms with Crippen LogP contribution >= 0.6 is 0 Å². The third-order valence-corrected chi connectivity index (χ3v) is 5.02. The number of anilines is 3. The smallest absolute Gasteiger partial charge is 0.264 e. The Labute approximate surface area is 172 Å². The first kappa shape index (κ1) is 20.4. The van der Waals surface area contributed by atoms with Crippen molar-refractivity contribution in [2.75, 3.05) is 55.1 Å². The fourth-order valence-corrected chi connectivity index (χ4v) is 3.43. The van der Waals surface area contributed by atoms with Crippen molar-refractivity contribution < 1.29 is 18.3 Å². The van der Waals surface area contributed by atoms with Crippen LogP contribution in [-0.4, -0.2) is 65.5 Å². The zero-order valence-electron chi connectivity index (χ0n) is 16.6. The Balaban J connectivity index is 1.85. The molecule has 2 aliphatic rings. The summed E-state index contributed by atoms with van der Waals surface area (Å²) < 4.78 is 38.3. The van der Waals surface area contributed by atoms with Crippen LogP contribution in [0, 0.1) is 0 Å². The Morgan fingerprint density at radius 1 is 1.17 bits per heavy atom. The van der Waals surface area contributed by atoms with Crippen molar-refractivity contribution in [3.8, 4) is 11.4 Å². The first-order chi connectivity index (χ1) is 14.4. The van der Waals surface area contributed by atoms with Gasteiger partial charge in [0, 0.05) is 36.1 Å². The van der Waals surface area contributed by atoms with Crippen molar-refractivity contribution in [1.29, 1.82) is 0 Å². The van der Waals surface area contributed by atoms with Crippen molar-refractivity contribution in [2.24, 2.45) is 0 Å². The van der Waals surface area contributed by atoms with Gasteiger partial charge in [-0.15, -0.1) is 0 Å². The number of halogens is 2. The van der Waals surface area contributed by atoms with Gasteiger partial charge in [-0.1, -0.05) is 6.58 Å². The molecule has 30 heavy (non-hydrogen) atoms. The number of ether oxygens (including phenoxy) is 2.